The van der Waals surface area contributed by atoms with Gasteiger partial charge in [-0.1, -0.05) is 79.8 Å². The first kappa shape index (κ1) is 31.3. The van der Waals surface area contributed by atoms with Gasteiger partial charge in [-0.05, 0) is 87.4 Å². The molecule has 1 aromatic heterocycles. The number of rotatable bonds is 7. The van der Waals surface area contributed by atoms with Gasteiger partial charge in [-0.25, -0.2) is 9.79 Å². The molecule has 3 aromatic carbocycles. The molecule has 43 heavy (non-hydrogen) atoms. The van der Waals surface area contributed by atoms with Crippen molar-refractivity contribution in [3.05, 3.63) is 121 Å². The maximum atomic E-state index is 14.2. The average molecular weight is 818 g/mol. The molecule has 4 aromatic rings. The number of thiazole rings is 1. The van der Waals surface area contributed by atoms with E-state index in [4.69, 9.17) is 14.5 Å². The SMILES string of the molecule is CCOC(=O)C1=C(c2ccccc2)N=c2s/c(=C\c3cc(I)cc(I)c3OC(C)=O)c(=O)n2[C@@H]1c1ccc(C(C)C)cc1. The number of fused-ring (bicyclic) bond motifs is 1. The Morgan fingerprint density at radius 2 is 1.77 bits per heavy atom. The van der Waals surface area contributed by atoms with Crippen LogP contribution in [0.5, 0.6) is 5.75 Å². The summed E-state index contributed by atoms with van der Waals surface area (Å²) >= 11 is 5.54. The summed E-state index contributed by atoms with van der Waals surface area (Å²) in [5, 5.41) is 0. The van der Waals surface area contributed by atoms with Crippen LogP contribution in [0.25, 0.3) is 11.8 Å². The van der Waals surface area contributed by atoms with Crippen LogP contribution < -0.4 is 19.6 Å². The van der Waals surface area contributed by atoms with Crippen molar-refractivity contribution in [1.82, 2.24) is 4.57 Å². The molecule has 0 N–H and O–H groups in total. The van der Waals surface area contributed by atoms with E-state index in [-0.39, 0.29) is 12.2 Å². The fourth-order valence-electron chi connectivity index (χ4n) is 4.90. The molecule has 0 radical (unpaired) electrons. The molecule has 1 atom stereocenters. The lowest BCUT2D eigenvalue weighted by Gasteiger charge is -2.26. The molecule has 7 nitrogen and oxygen atoms in total. The summed E-state index contributed by atoms with van der Waals surface area (Å²) in [7, 11) is 0. The number of ether oxygens (including phenoxy) is 2. The molecular formula is C33H28I2N2O5S. The fourth-order valence-corrected chi connectivity index (χ4v) is 7.89. The van der Waals surface area contributed by atoms with Crippen LogP contribution in [0.2, 0.25) is 0 Å². The average Bonchev–Trinajstić information content (AvgIpc) is 3.28. The van der Waals surface area contributed by atoms with Crippen molar-refractivity contribution < 1.29 is 19.1 Å². The van der Waals surface area contributed by atoms with Crippen molar-refractivity contribution in [2.75, 3.05) is 6.61 Å². The van der Waals surface area contributed by atoms with Gasteiger partial charge < -0.3 is 9.47 Å². The molecule has 0 spiro atoms. The highest BCUT2D eigenvalue weighted by Crippen LogP contribution is 2.36. The molecule has 1 aliphatic rings. The third kappa shape index (κ3) is 6.55. The zero-order valence-corrected chi connectivity index (χ0v) is 29.0. The number of benzene rings is 3. The van der Waals surface area contributed by atoms with Crippen LogP contribution >= 0.6 is 56.5 Å². The van der Waals surface area contributed by atoms with Gasteiger partial charge in [0.25, 0.3) is 5.56 Å². The molecular weight excluding hydrogens is 790 g/mol. The van der Waals surface area contributed by atoms with Crippen molar-refractivity contribution in [2.45, 2.75) is 39.7 Å². The van der Waals surface area contributed by atoms with Crippen LogP contribution in [0.15, 0.2) is 82.1 Å². The molecule has 0 aliphatic carbocycles. The number of aromatic nitrogens is 1. The van der Waals surface area contributed by atoms with Crippen LogP contribution in [0, 0.1) is 7.14 Å². The van der Waals surface area contributed by atoms with Crippen LogP contribution in [0.1, 0.15) is 61.9 Å². The number of hydrogen-bond donors (Lipinski definition) is 0. The normalized spacial score (nSPS) is 14.9. The van der Waals surface area contributed by atoms with Crippen molar-refractivity contribution >= 4 is 80.2 Å². The summed E-state index contributed by atoms with van der Waals surface area (Å²) in [5.74, 6) is -0.274. The second-order valence-electron chi connectivity index (χ2n) is 10.2. The first-order valence-corrected chi connectivity index (χ1v) is 16.6. The summed E-state index contributed by atoms with van der Waals surface area (Å²) in [6, 6.07) is 20.4. The summed E-state index contributed by atoms with van der Waals surface area (Å²) in [6.07, 6.45) is 1.72. The lowest BCUT2D eigenvalue weighted by atomic mass is 9.91. The molecule has 1 aliphatic heterocycles. The number of esters is 2. The van der Waals surface area contributed by atoms with Crippen molar-refractivity contribution in [2.24, 2.45) is 4.99 Å². The Hall–Kier alpha value is -3.10. The van der Waals surface area contributed by atoms with Gasteiger partial charge in [0.1, 0.15) is 0 Å². The molecule has 0 bridgehead atoms. The number of nitrogens with zero attached hydrogens (tertiary/aromatic N) is 2. The third-order valence-corrected chi connectivity index (χ3v) is 9.27. The third-order valence-electron chi connectivity index (χ3n) is 6.86. The van der Waals surface area contributed by atoms with Gasteiger partial charge in [-0.2, -0.15) is 0 Å². The van der Waals surface area contributed by atoms with E-state index in [0.717, 1.165) is 23.8 Å². The highest BCUT2D eigenvalue weighted by molar-refractivity contribution is 14.1. The van der Waals surface area contributed by atoms with Gasteiger partial charge in [0.2, 0.25) is 0 Å². The monoisotopic (exact) mass is 818 g/mol. The van der Waals surface area contributed by atoms with Gasteiger partial charge in [0, 0.05) is 21.6 Å². The van der Waals surface area contributed by atoms with Gasteiger partial charge >= 0.3 is 11.9 Å². The van der Waals surface area contributed by atoms with E-state index in [0.29, 0.717) is 37.8 Å². The van der Waals surface area contributed by atoms with Crippen molar-refractivity contribution in [3.8, 4) is 5.75 Å². The fraction of sp³-hybridized carbons (Fsp3) is 0.212. The Kier molecular flexibility index (Phi) is 9.67. The first-order chi connectivity index (χ1) is 20.6. The Labute approximate surface area is 280 Å². The summed E-state index contributed by atoms with van der Waals surface area (Å²) < 4.78 is 14.7. The Morgan fingerprint density at radius 1 is 1.07 bits per heavy atom. The molecule has 0 amide bonds. The van der Waals surface area contributed by atoms with Crippen LogP contribution in [0.4, 0.5) is 0 Å². The molecule has 0 unspecified atom stereocenters. The van der Waals surface area contributed by atoms with E-state index in [2.05, 4.69) is 59.0 Å². The zero-order valence-electron chi connectivity index (χ0n) is 23.9. The molecule has 2 heterocycles. The van der Waals surface area contributed by atoms with Gasteiger partial charge in [-0.3, -0.25) is 14.2 Å². The van der Waals surface area contributed by atoms with Crippen molar-refractivity contribution in [1.29, 1.82) is 0 Å². The van der Waals surface area contributed by atoms with Gasteiger partial charge in [0.05, 0.1) is 32.0 Å². The largest absolute Gasteiger partial charge is 0.463 e. The summed E-state index contributed by atoms with van der Waals surface area (Å²) in [4.78, 5) is 45.2. The standard InChI is InChI=1S/C33H28I2N2O5S/c1-5-41-32(40)27-28(21-9-7-6-8-10-21)36-33-37(29(27)22-13-11-20(12-14-22)18(2)3)31(39)26(43-33)16-23-15-24(34)17-25(35)30(23)42-19(4)38/h6-18,29H,5H2,1-4H3/b26-16-/t29-/m1/s1. The topological polar surface area (TPSA) is 87.0 Å². The molecule has 0 fully saturated rings. The van der Waals surface area contributed by atoms with Crippen LogP contribution in [-0.2, 0) is 14.3 Å². The second-order valence-corrected chi connectivity index (χ2v) is 13.6. The van der Waals surface area contributed by atoms with Crippen LogP contribution in [0.3, 0.4) is 0 Å². The minimum absolute atomic E-state index is 0.179. The quantitative estimate of drug-likeness (QED) is 0.126. The smallest absolute Gasteiger partial charge is 0.338 e. The van der Waals surface area contributed by atoms with E-state index in [1.54, 1.807) is 17.6 Å². The Balaban J connectivity index is 1.83. The lowest BCUT2D eigenvalue weighted by Crippen LogP contribution is -2.40. The number of carbonyl (C=O) groups excluding carboxylic acids is 2. The maximum absolute atomic E-state index is 14.2. The van der Waals surface area contributed by atoms with Crippen LogP contribution in [-0.4, -0.2) is 23.1 Å². The highest BCUT2D eigenvalue weighted by atomic mass is 127. The summed E-state index contributed by atoms with van der Waals surface area (Å²) in [6.45, 7) is 7.51. The van der Waals surface area contributed by atoms with Gasteiger partial charge in [-0.15, -0.1) is 0 Å². The minimum Gasteiger partial charge on any atom is -0.463 e. The zero-order chi connectivity index (χ0) is 30.8. The predicted molar refractivity (Wildman–Crippen MR) is 185 cm³/mol. The number of hydrogen-bond acceptors (Lipinski definition) is 7. The Morgan fingerprint density at radius 3 is 2.40 bits per heavy atom. The minimum atomic E-state index is -0.766. The highest BCUT2D eigenvalue weighted by Gasteiger charge is 2.35. The second kappa shape index (κ2) is 13.3. The number of halogens is 2. The first-order valence-electron chi connectivity index (χ1n) is 13.6. The van der Waals surface area contributed by atoms with E-state index < -0.39 is 18.0 Å². The molecule has 10 heteroatoms. The number of carbonyl (C=O) groups is 2. The lowest BCUT2D eigenvalue weighted by molar-refractivity contribution is -0.139. The molecule has 0 saturated heterocycles. The van der Waals surface area contributed by atoms with Crippen molar-refractivity contribution in [3.63, 3.8) is 0 Å². The van der Waals surface area contributed by atoms with E-state index >= 15 is 0 Å². The predicted octanol–water partition coefficient (Wildman–Crippen LogP) is 6.19. The summed E-state index contributed by atoms with van der Waals surface area (Å²) in [5.41, 5.74) is 3.72. The van der Waals surface area contributed by atoms with E-state index in [9.17, 15) is 14.4 Å². The van der Waals surface area contributed by atoms with Gasteiger partial charge in [0.15, 0.2) is 10.6 Å². The molecule has 220 valence electrons. The molecule has 5 rings (SSSR count). The maximum Gasteiger partial charge on any atom is 0.338 e. The van der Waals surface area contributed by atoms with E-state index in [1.807, 2.05) is 66.7 Å². The Bertz CT molecular complexity index is 1930. The van der Waals surface area contributed by atoms with E-state index in [1.165, 1.54) is 18.3 Å². The molecule has 0 saturated carbocycles.